The Bertz CT molecular complexity index is 801. The normalized spacial score (nSPS) is 12.5. The van der Waals surface area contributed by atoms with Gasteiger partial charge >= 0.3 is 0 Å². The van der Waals surface area contributed by atoms with Crippen LogP contribution in [-0.4, -0.2) is 21.8 Å². The third-order valence-corrected chi connectivity index (χ3v) is 4.35. The third-order valence-electron chi connectivity index (χ3n) is 3.42. The van der Waals surface area contributed by atoms with Gasteiger partial charge in [0.1, 0.15) is 18.1 Å². The summed E-state index contributed by atoms with van der Waals surface area (Å²) in [5, 5.41) is 8.10. The summed E-state index contributed by atoms with van der Waals surface area (Å²) >= 11 is 0. The van der Waals surface area contributed by atoms with E-state index in [0.29, 0.717) is 5.69 Å². The van der Waals surface area contributed by atoms with Gasteiger partial charge in [-0.25, -0.2) is 13.6 Å². The van der Waals surface area contributed by atoms with Crippen molar-refractivity contribution in [1.29, 1.82) is 0 Å². The maximum absolute atomic E-state index is 11.4. The van der Waals surface area contributed by atoms with Crippen LogP contribution in [-0.2, 0) is 14.8 Å². The molecule has 3 N–H and O–H groups in total. The Balaban J connectivity index is 2.22. The summed E-state index contributed by atoms with van der Waals surface area (Å²) in [7, 11) is -2.14. The van der Waals surface area contributed by atoms with Gasteiger partial charge in [0, 0.05) is 5.69 Å². The Morgan fingerprint density at radius 2 is 1.83 bits per heavy atom. The van der Waals surface area contributed by atoms with Crippen molar-refractivity contribution in [3.8, 4) is 5.75 Å². The van der Waals surface area contributed by atoms with Crippen molar-refractivity contribution < 1.29 is 17.9 Å². The number of aldehydes is 1. The van der Waals surface area contributed by atoms with Crippen molar-refractivity contribution in [2.75, 3.05) is 12.4 Å². The van der Waals surface area contributed by atoms with Crippen LogP contribution in [0.15, 0.2) is 47.4 Å². The number of carbonyl (C=O) groups is 1. The average molecular weight is 334 g/mol. The maximum atomic E-state index is 11.4. The van der Waals surface area contributed by atoms with Crippen LogP contribution in [0, 0.1) is 6.92 Å². The highest BCUT2D eigenvalue weighted by atomic mass is 32.2. The fourth-order valence-corrected chi connectivity index (χ4v) is 2.73. The molecular weight excluding hydrogens is 316 g/mol. The molecule has 1 unspecified atom stereocenters. The van der Waals surface area contributed by atoms with Crippen LogP contribution in [0.5, 0.6) is 5.75 Å². The Kier molecular flexibility index (Phi) is 5.02. The monoisotopic (exact) mass is 334 g/mol. The Labute approximate surface area is 135 Å². The SMILES string of the molecule is COc1ccc(C(C=O)Nc2ccc(S(N)(=O)=O)cc2)cc1C. The lowest BCUT2D eigenvalue weighted by Crippen LogP contribution is -2.14. The molecule has 7 heteroatoms. The zero-order valence-corrected chi connectivity index (χ0v) is 13.6. The maximum Gasteiger partial charge on any atom is 0.238 e. The Morgan fingerprint density at radius 1 is 1.17 bits per heavy atom. The van der Waals surface area contributed by atoms with Crippen LogP contribution >= 0.6 is 0 Å². The number of methoxy groups -OCH3 is 1. The van der Waals surface area contributed by atoms with Gasteiger partial charge in [0.05, 0.1) is 12.0 Å². The summed E-state index contributed by atoms with van der Waals surface area (Å²) in [6, 6.07) is 10.8. The van der Waals surface area contributed by atoms with E-state index < -0.39 is 16.1 Å². The number of anilines is 1. The van der Waals surface area contributed by atoms with Gasteiger partial charge in [0.25, 0.3) is 0 Å². The molecule has 2 aromatic rings. The number of hydrogen-bond donors (Lipinski definition) is 2. The predicted octanol–water partition coefficient (Wildman–Crippen LogP) is 2.00. The molecule has 0 aliphatic rings. The molecule has 0 aliphatic heterocycles. The molecule has 0 heterocycles. The van der Waals surface area contributed by atoms with Gasteiger partial charge < -0.3 is 14.8 Å². The molecule has 6 nitrogen and oxygen atoms in total. The molecule has 2 aromatic carbocycles. The van der Waals surface area contributed by atoms with Gasteiger partial charge in [-0.15, -0.1) is 0 Å². The van der Waals surface area contributed by atoms with E-state index in [9.17, 15) is 13.2 Å². The molecule has 0 aromatic heterocycles. The second-order valence-corrected chi connectivity index (χ2v) is 6.62. The number of hydrogen-bond acceptors (Lipinski definition) is 5. The number of primary sulfonamides is 1. The number of benzene rings is 2. The van der Waals surface area contributed by atoms with Gasteiger partial charge in [0.2, 0.25) is 10.0 Å². The van der Waals surface area contributed by atoms with Crippen LogP contribution in [0.2, 0.25) is 0 Å². The van der Waals surface area contributed by atoms with Crippen LogP contribution < -0.4 is 15.2 Å². The van der Waals surface area contributed by atoms with E-state index in [2.05, 4.69) is 5.32 Å². The first-order valence-electron chi connectivity index (χ1n) is 6.84. The zero-order valence-electron chi connectivity index (χ0n) is 12.8. The van der Waals surface area contributed by atoms with Crippen molar-refractivity contribution in [3.05, 3.63) is 53.6 Å². The first-order valence-corrected chi connectivity index (χ1v) is 8.39. The van der Waals surface area contributed by atoms with Crippen LogP contribution in [0.4, 0.5) is 5.69 Å². The molecule has 0 amide bonds. The van der Waals surface area contributed by atoms with Crippen molar-refractivity contribution in [3.63, 3.8) is 0 Å². The van der Waals surface area contributed by atoms with Gasteiger partial charge in [-0.2, -0.15) is 0 Å². The summed E-state index contributed by atoms with van der Waals surface area (Å²) in [6.07, 6.45) is 0.787. The van der Waals surface area contributed by atoms with Crippen LogP contribution in [0.3, 0.4) is 0 Å². The lowest BCUT2D eigenvalue weighted by atomic mass is 10.0. The molecule has 122 valence electrons. The molecule has 0 fully saturated rings. The molecule has 23 heavy (non-hydrogen) atoms. The van der Waals surface area contributed by atoms with Gasteiger partial charge in [-0.05, 0) is 54.4 Å². The number of carbonyl (C=O) groups excluding carboxylic acids is 1. The fraction of sp³-hybridized carbons (Fsp3) is 0.188. The smallest absolute Gasteiger partial charge is 0.238 e. The Morgan fingerprint density at radius 3 is 2.30 bits per heavy atom. The predicted molar refractivity (Wildman–Crippen MR) is 88.0 cm³/mol. The van der Waals surface area contributed by atoms with E-state index >= 15 is 0 Å². The molecule has 0 radical (unpaired) electrons. The van der Waals surface area contributed by atoms with E-state index in [1.807, 2.05) is 13.0 Å². The van der Waals surface area contributed by atoms with Crippen LogP contribution in [0.25, 0.3) is 0 Å². The number of nitrogens with two attached hydrogens (primary N) is 1. The first-order chi connectivity index (χ1) is 10.8. The number of aryl methyl sites for hydroxylation is 1. The molecule has 0 saturated carbocycles. The first kappa shape index (κ1) is 17.0. The number of ether oxygens (including phenoxy) is 1. The van der Waals surface area contributed by atoms with Crippen LogP contribution in [0.1, 0.15) is 17.2 Å². The molecular formula is C16H18N2O4S. The molecule has 0 spiro atoms. The van der Waals surface area contributed by atoms with E-state index in [-0.39, 0.29) is 4.90 Å². The van der Waals surface area contributed by atoms with E-state index in [1.54, 1.807) is 31.4 Å². The van der Waals surface area contributed by atoms with Gasteiger partial charge in [-0.3, -0.25) is 0 Å². The molecule has 1 atom stereocenters. The summed E-state index contributed by atoms with van der Waals surface area (Å²) in [5.41, 5.74) is 2.32. The third kappa shape index (κ3) is 4.08. The molecule has 0 aliphatic carbocycles. The number of rotatable bonds is 6. The lowest BCUT2D eigenvalue weighted by molar-refractivity contribution is -0.108. The van der Waals surface area contributed by atoms with Gasteiger partial charge in [0.15, 0.2) is 0 Å². The molecule has 0 bridgehead atoms. The fourth-order valence-electron chi connectivity index (χ4n) is 2.21. The quantitative estimate of drug-likeness (QED) is 0.787. The summed E-state index contributed by atoms with van der Waals surface area (Å²) in [6.45, 7) is 1.89. The zero-order chi connectivity index (χ0) is 17.0. The number of sulfonamides is 1. The highest BCUT2D eigenvalue weighted by molar-refractivity contribution is 7.89. The van der Waals surface area contributed by atoms with E-state index in [1.165, 1.54) is 12.1 Å². The number of nitrogens with one attached hydrogen (secondary N) is 1. The van der Waals surface area contributed by atoms with Crippen molar-refractivity contribution >= 4 is 22.0 Å². The highest BCUT2D eigenvalue weighted by Crippen LogP contribution is 2.24. The second kappa shape index (κ2) is 6.80. The van der Waals surface area contributed by atoms with E-state index in [0.717, 1.165) is 23.2 Å². The topological polar surface area (TPSA) is 98.5 Å². The average Bonchev–Trinajstić information content (AvgIpc) is 2.52. The minimum atomic E-state index is -3.73. The largest absolute Gasteiger partial charge is 0.496 e. The minimum Gasteiger partial charge on any atom is -0.496 e. The standard InChI is InChI=1S/C16H18N2O4S/c1-11-9-12(3-8-16(11)22-2)15(10-19)18-13-4-6-14(7-5-13)23(17,20)21/h3-10,15,18H,1-2H3,(H2,17,20,21). The Hall–Kier alpha value is -2.38. The minimum absolute atomic E-state index is 0.0194. The molecule has 2 rings (SSSR count). The lowest BCUT2D eigenvalue weighted by Gasteiger charge is -2.16. The van der Waals surface area contributed by atoms with Crippen molar-refractivity contribution in [1.82, 2.24) is 0 Å². The van der Waals surface area contributed by atoms with Gasteiger partial charge in [-0.1, -0.05) is 6.07 Å². The summed E-state index contributed by atoms with van der Waals surface area (Å²) in [5.74, 6) is 0.746. The summed E-state index contributed by atoms with van der Waals surface area (Å²) in [4.78, 5) is 11.4. The molecule has 0 saturated heterocycles. The van der Waals surface area contributed by atoms with E-state index in [4.69, 9.17) is 9.88 Å². The summed E-state index contributed by atoms with van der Waals surface area (Å²) < 4.78 is 27.7. The van der Waals surface area contributed by atoms with Crippen molar-refractivity contribution in [2.24, 2.45) is 5.14 Å². The van der Waals surface area contributed by atoms with Crippen molar-refractivity contribution in [2.45, 2.75) is 17.9 Å². The highest BCUT2D eigenvalue weighted by Gasteiger charge is 2.13. The second-order valence-electron chi connectivity index (χ2n) is 5.06.